The molecule has 1 heterocycles. The fraction of sp³-hybridized carbons (Fsp3) is 0.111. The number of rotatable bonds is 4. The third-order valence-corrected chi connectivity index (χ3v) is 3.47. The number of hydrogen-bond donors (Lipinski definition) is 1. The van der Waals surface area contributed by atoms with E-state index in [-0.39, 0.29) is 12.3 Å². The molecule has 0 bridgehead atoms. The highest BCUT2D eigenvalue weighted by Gasteiger charge is 2.15. The number of carbonyl (C=O) groups excluding carboxylic acids is 1. The number of pyridine rings is 1. The van der Waals surface area contributed by atoms with Crippen molar-refractivity contribution in [1.82, 2.24) is 4.98 Å². The lowest BCUT2D eigenvalue weighted by molar-refractivity contribution is 0.0528. The fourth-order valence-corrected chi connectivity index (χ4v) is 2.38. The molecule has 24 heavy (non-hydrogen) atoms. The number of ether oxygens (including phenoxy) is 1. The van der Waals surface area contributed by atoms with Crippen LogP contribution >= 0.6 is 0 Å². The number of nitrogens with zero attached hydrogens (tertiary/aromatic N) is 1. The molecule has 0 spiro atoms. The molecule has 6 heteroatoms. The lowest BCUT2D eigenvalue weighted by Crippen LogP contribution is -2.07. The van der Waals surface area contributed by atoms with Crippen molar-refractivity contribution in [3.8, 4) is 0 Å². The minimum absolute atomic E-state index is 0.0310. The zero-order valence-corrected chi connectivity index (χ0v) is 12.8. The number of nitrogens with one attached hydrogen (secondary N) is 1. The molecule has 0 aliphatic carbocycles. The molecule has 3 aromatic rings. The maximum atomic E-state index is 13.8. The standard InChI is InChI=1S/C18H14F2N2O2/c1-2-24-18(23)14-10-21-17(13-6-4-3-5-12(13)14)22-16-9-11(19)7-8-15(16)20/h3-10H,2H2,1H3,(H,21,22). The molecule has 1 N–H and O–H groups in total. The van der Waals surface area contributed by atoms with Gasteiger partial charge in [0.05, 0.1) is 17.9 Å². The van der Waals surface area contributed by atoms with E-state index in [2.05, 4.69) is 10.3 Å². The summed E-state index contributed by atoms with van der Waals surface area (Å²) in [5, 5.41) is 4.00. The highest BCUT2D eigenvalue weighted by molar-refractivity contribution is 6.07. The van der Waals surface area contributed by atoms with Gasteiger partial charge < -0.3 is 10.1 Å². The molecule has 4 nitrogen and oxygen atoms in total. The monoisotopic (exact) mass is 328 g/mol. The Hall–Kier alpha value is -3.02. The van der Waals surface area contributed by atoms with E-state index < -0.39 is 17.6 Å². The number of fused-ring (bicyclic) bond motifs is 1. The Bertz CT molecular complexity index is 913. The average Bonchev–Trinajstić information content (AvgIpc) is 2.58. The van der Waals surface area contributed by atoms with Crippen LogP contribution in [0, 0.1) is 11.6 Å². The molecule has 1 aromatic heterocycles. The second kappa shape index (κ2) is 6.62. The Morgan fingerprint density at radius 2 is 1.92 bits per heavy atom. The lowest BCUT2D eigenvalue weighted by atomic mass is 10.1. The summed E-state index contributed by atoms with van der Waals surface area (Å²) in [6.07, 6.45) is 1.36. The molecule has 0 unspecified atom stereocenters. The molecule has 0 fully saturated rings. The minimum atomic E-state index is -0.600. The fourth-order valence-electron chi connectivity index (χ4n) is 2.38. The number of aromatic nitrogens is 1. The number of anilines is 2. The van der Waals surface area contributed by atoms with Crippen molar-refractivity contribution in [2.24, 2.45) is 0 Å². The molecule has 0 aliphatic heterocycles. The lowest BCUT2D eigenvalue weighted by Gasteiger charge is -2.12. The predicted octanol–water partition coefficient (Wildman–Crippen LogP) is 4.43. The Labute approximate surface area is 137 Å². The van der Waals surface area contributed by atoms with Crippen LogP contribution in [0.2, 0.25) is 0 Å². The van der Waals surface area contributed by atoms with Gasteiger partial charge in [0.25, 0.3) is 0 Å². The molecule has 0 saturated carbocycles. The summed E-state index contributed by atoms with van der Waals surface area (Å²) in [6.45, 7) is 1.97. The summed E-state index contributed by atoms with van der Waals surface area (Å²) in [5.41, 5.74) is 0.286. The van der Waals surface area contributed by atoms with Crippen molar-refractivity contribution in [2.75, 3.05) is 11.9 Å². The van der Waals surface area contributed by atoms with Gasteiger partial charge in [-0.25, -0.2) is 18.6 Å². The topological polar surface area (TPSA) is 51.2 Å². The third kappa shape index (κ3) is 3.03. The van der Waals surface area contributed by atoms with Crippen LogP contribution in [0.4, 0.5) is 20.3 Å². The van der Waals surface area contributed by atoms with Crippen molar-refractivity contribution in [1.29, 1.82) is 0 Å². The van der Waals surface area contributed by atoms with Crippen LogP contribution in [0.5, 0.6) is 0 Å². The summed E-state index contributed by atoms with van der Waals surface area (Å²) in [7, 11) is 0. The first-order valence-corrected chi connectivity index (χ1v) is 7.37. The van der Waals surface area contributed by atoms with E-state index in [1.165, 1.54) is 6.20 Å². The SMILES string of the molecule is CCOC(=O)c1cnc(Nc2cc(F)ccc2F)c2ccccc12. The van der Waals surface area contributed by atoms with E-state index in [1.54, 1.807) is 31.2 Å². The van der Waals surface area contributed by atoms with E-state index in [0.717, 1.165) is 18.2 Å². The molecule has 0 atom stereocenters. The van der Waals surface area contributed by atoms with E-state index in [9.17, 15) is 13.6 Å². The maximum absolute atomic E-state index is 13.8. The Morgan fingerprint density at radius 3 is 2.67 bits per heavy atom. The molecule has 0 aliphatic rings. The molecular weight excluding hydrogens is 314 g/mol. The van der Waals surface area contributed by atoms with Crippen LogP contribution in [0.3, 0.4) is 0 Å². The number of esters is 1. The summed E-state index contributed by atoms with van der Waals surface area (Å²) in [4.78, 5) is 16.2. The Balaban J connectivity index is 2.08. The zero-order valence-electron chi connectivity index (χ0n) is 12.8. The highest BCUT2D eigenvalue weighted by atomic mass is 19.1. The van der Waals surface area contributed by atoms with Gasteiger partial charge in [-0.3, -0.25) is 0 Å². The molecule has 0 saturated heterocycles. The van der Waals surface area contributed by atoms with Gasteiger partial charge in [-0.05, 0) is 19.1 Å². The molecule has 122 valence electrons. The largest absolute Gasteiger partial charge is 0.462 e. The van der Waals surface area contributed by atoms with E-state index in [0.29, 0.717) is 22.2 Å². The van der Waals surface area contributed by atoms with Crippen molar-refractivity contribution in [2.45, 2.75) is 6.92 Å². The van der Waals surface area contributed by atoms with E-state index in [4.69, 9.17) is 4.74 Å². The number of benzene rings is 2. The van der Waals surface area contributed by atoms with Crippen LogP contribution in [-0.2, 0) is 4.74 Å². The second-order valence-electron chi connectivity index (χ2n) is 5.04. The highest BCUT2D eigenvalue weighted by Crippen LogP contribution is 2.28. The number of hydrogen-bond acceptors (Lipinski definition) is 4. The second-order valence-corrected chi connectivity index (χ2v) is 5.04. The van der Waals surface area contributed by atoms with Gasteiger partial charge in [-0.2, -0.15) is 0 Å². The summed E-state index contributed by atoms with van der Waals surface area (Å²) in [5.74, 6) is -1.32. The van der Waals surface area contributed by atoms with Crippen LogP contribution in [0.15, 0.2) is 48.7 Å². The van der Waals surface area contributed by atoms with E-state index in [1.807, 2.05) is 0 Å². The first-order valence-electron chi connectivity index (χ1n) is 7.37. The van der Waals surface area contributed by atoms with Gasteiger partial charge in [0.15, 0.2) is 0 Å². The van der Waals surface area contributed by atoms with Gasteiger partial charge in [-0.15, -0.1) is 0 Å². The molecule has 3 rings (SSSR count). The molecule has 0 amide bonds. The zero-order chi connectivity index (χ0) is 17.1. The van der Waals surface area contributed by atoms with Crippen LogP contribution in [0.1, 0.15) is 17.3 Å². The first-order chi connectivity index (χ1) is 11.6. The number of halogens is 2. The third-order valence-electron chi connectivity index (χ3n) is 3.47. The smallest absolute Gasteiger partial charge is 0.340 e. The molecule has 2 aromatic carbocycles. The summed E-state index contributed by atoms with van der Waals surface area (Å²) in [6, 6.07) is 10.2. The number of carbonyl (C=O) groups is 1. The first kappa shape index (κ1) is 15.9. The predicted molar refractivity (Wildman–Crippen MR) is 87.3 cm³/mol. The van der Waals surface area contributed by atoms with Gasteiger partial charge in [0, 0.05) is 23.0 Å². The Kier molecular flexibility index (Phi) is 4.37. The van der Waals surface area contributed by atoms with Crippen molar-refractivity contribution < 1.29 is 18.3 Å². The van der Waals surface area contributed by atoms with E-state index >= 15 is 0 Å². The van der Waals surface area contributed by atoms with Crippen molar-refractivity contribution in [3.63, 3.8) is 0 Å². The van der Waals surface area contributed by atoms with Gasteiger partial charge in [0.1, 0.15) is 17.5 Å². The summed E-state index contributed by atoms with van der Waals surface area (Å²) >= 11 is 0. The van der Waals surface area contributed by atoms with Crippen molar-refractivity contribution >= 4 is 28.2 Å². The summed E-state index contributed by atoms with van der Waals surface area (Å²) < 4.78 is 32.2. The van der Waals surface area contributed by atoms with Crippen LogP contribution in [-0.4, -0.2) is 17.6 Å². The average molecular weight is 328 g/mol. The van der Waals surface area contributed by atoms with Gasteiger partial charge in [0.2, 0.25) is 0 Å². The molecular formula is C18H14F2N2O2. The normalized spacial score (nSPS) is 10.6. The maximum Gasteiger partial charge on any atom is 0.340 e. The quantitative estimate of drug-likeness (QED) is 0.720. The van der Waals surface area contributed by atoms with Crippen molar-refractivity contribution in [3.05, 3.63) is 65.9 Å². The minimum Gasteiger partial charge on any atom is -0.462 e. The Morgan fingerprint density at radius 1 is 1.17 bits per heavy atom. The molecule has 0 radical (unpaired) electrons. The van der Waals surface area contributed by atoms with Gasteiger partial charge in [-0.1, -0.05) is 24.3 Å². The van der Waals surface area contributed by atoms with Gasteiger partial charge >= 0.3 is 5.97 Å². The van der Waals surface area contributed by atoms with Crippen LogP contribution in [0.25, 0.3) is 10.8 Å². The van der Waals surface area contributed by atoms with Crippen LogP contribution < -0.4 is 5.32 Å².